The molecular formula is C14H15BrClN3. The second-order valence-electron chi connectivity index (χ2n) is 4.84. The van der Waals surface area contributed by atoms with Gasteiger partial charge in [-0.15, -0.1) is 0 Å². The molecule has 1 aromatic carbocycles. The molecule has 2 N–H and O–H groups in total. The van der Waals surface area contributed by atoms with Gasteiger partial charge in [-0.1, -0.05) is 40.5 Å². The number of nitrogens with zero attached hydrogens (tertiary/aromatic N) is 2. The van der Waals surface area contributed by atoms with Crippen LogP contribution < -0.4 is 5.73 Å². The molecule has 1 aliphatic rings. The molecule has 5 heteroatoms. The average Bonchev–Trinajstić information content (AvgIpc) is 3.14. The van der Waals surface area contributed by atoms with Gasteiger partial charge in [0.1, 0.15) is 17.3 Å². The minimum absolute atomic E-state index is 0.544. The Morgan fingerprint density at radius 1 is 1.47 bits per heavy atom. The van der Waals surface area contributed by atoms with Crippen LogP contribution in [0.15, 0.2) is 22.7 Å². The molecule has 1 aromatic heterocycles. The Balaban J connectivity index is 2.14. The van der Waals surface area contributed by atoms with Gasteiger partial charge in [0.15, 0.2) is 0 Å². The lowest BCUT2D eigenvalue weighted by Gasteiger charge is -2.07. The van der Waals surface area contributed by atoms with Crippen molar-refractivity contribution in [1.29, 1.82) is 0 Å². The molecule has 0 unspecified atom stereocenters. The minimum atomic E-state index is 0.544. The Bertz CT molecular complexity index is 632. The fourth-order valence-electron chi connectivity index (χ4n) is 2.36. The van der Waals surface area contributed by atoms with E-state index in [4.69, 9.17) is 22.3 Å². The number of anilines is 1. The highest BCUT2D eigenvalue weighted by Gasteiger charge is 2.29. The molecule has 19 heavy (non-hydrogen) atoms. The molecule has 0 saturated heterocycles. The molecule has 2 aromatic rings. The van der Waals surface area contributed by atoms with E-state index in [0.717, 1.165) is 33.8 Å². The molecule has 3 rings (SSSR count). The molecule has 1 heterocycles. The van der Waals surface area contributed by atoms with E-state index >= 15 is 0 Å². The third kappa shape index (κ3) is 2.28. The zero-order valence-corrected chi connectivity index (χ0v) is 13.0. The van der Waals surface area contributed by atoms with Gasteiger partial charge in [0.05, 0.1) is 0 Å². The smallest absolute Gasteiger partial charge is 0.132 e. The first-order chi connectivity index (χ1) is 9.11. The summed E-state index contributed by atoms with van der Waals surface area (Å²) in [6.07, 6.45) is 3.30. The van der Waals surface area contributed by atoms with Crippen molar-refractivity contribution in [2.75, 3.05) is 5.73 Å². The van der Waals surface area contributed by atoms with Crippen molar-refractivity contribution >= 4 is 33.3 Å². The number of rotatable bonds is 3. The Morgan fingerprint density at radius 3 is 2.79 bits per heavy atom. The van der Waals surface area contributed by atoms with Crippen LogP contribution in [-0.2, 0) is 6.42 Å². The van der Waals surface area contributed by atoms with Crippen LogP contribution in [0.25, 0.3) is 11.3 Å². The van der Waals surface area contributed by atoms with Crippen molar-refractivity contribution in [2.45, 2.75) is 32.2 Å². The zero-order valence-electron chi connectivity index (χ0n) is 10.7. The lowest BCUT2D eigenvalue weighted by atomic mass is 10.1. The zero-order chi connectivity index (χ0) is 13.6. The van der Waals surface area contributed by atoms with Gasteiger partial charge in [0, 0.05) is 27.5 Å². The summed E-state index contributed by atoms with van der Waals surface area (Å²) < 4.78 is 3.12. The molecule has 1 aliphatic carbocycles. The van der Waals surface area contributed by atoms with Crippen LogP contribution in [0.2, 0.25) is 5.02 Å². The largest absolute Gasteiger partial charge is 0.383 e. The first-order valence-electron chi connectivity index (χ1n) is 6.43. The Kier molecular flexibility index (Phi) is 3.31. The molecule has 100 valence electrons. The predicted octanol–water partition coefficient (Wildman–Crippen LogP) is 4.45. The summed E-state index contributed by atoms with van der Waals surface area (Å²) in [6, 6.07) is 6.24. The quantitative estimate of drug-likeness (QED) is 0.897. The minimum Gasteiger partial charge on any atom is -0.383 e. The van der Waals surface area contributed by atoms with Crippen molar-refractivity contribution in [1.82, 2.24) is 9.55 Å². The van der Waals surface area contributed by atoms with Crippen LogP contribution in [0, 0.1) is 0 Å². The number of aromatic nitrogens is 2. The summed E-state index contributed by atoms with van der Waals surface area (Å²) in [4.78, 5) is 4.72. The van der Waals surface area contributed by atoms with Crippen molar-refractivity contribution < 1.29 is 0 Å². The maximum absolute atomic E-state index is 6.31. The van der Waals surface area contributed by atoms with Crippen LogP contribution in [-0.4, -0.2) is 9.55 Å². The first-order valence-corrected chi connectivity index (χ1v) is 7.61. The molecule has 0 amide bonds. The monoisotopic (exact) mass is 339 g/mol. The van der Waals surface area contributed by atoms with Crippen molar-refractivity contribution in [3.05, 3.63) is 33.5 Å². The van der Waals surface area contributed by atoms with E-state index in [1.54, 1.807) is 0 Å². The highest BCUT2D eigenvalue weighted by atomic mass is 79.9. The number of hydrogen-bond donors (Lipinski definition) is 1. The SMILES string of the molecule is CCc1nc(-c2ccc(Cl)cc2Br)c(N)n1C1CC1. The van der Waals surface area contributed by atoms with E-state index < -0.39 is 0 Å². The molecule has 0 aliphatic heterocycles. The molecule has 0 spiro atoms. The molecule has 1 saturated carbocycles. The number of hydrogen-bond acceptors (Lipinski definition) is 2. The van der Waals surface area contributed by atoms with E-state index in [0.29, 0.717) is 11.1 Å². The summed E-state index contributed by atoms with van der Waals surface area (Å²) in [5, 5.41) is 0.700. The number of aryl methyl sites for hydroxylation is 1. The fraction of sp³-hybridized carbons (Fsp3) is 0.357. The highest BCUT2D eigenvalue weighted by molar-refractivity contribution is 9.10. The van der Waals surface area contributed by atoms with Gasteiger partial charge >= 0.3 is 0 Å². The van der Waals surface area contributed by atoms with Crippen LogP contribution in [0.4, 0.5) is 5.82 Å². The summed E-state index contributed by atoms with van der Waals surface area (Å²) in [6.45, 7) is 2.11. The predicted molar refractivity (Wildman–Crippen MR) is 82.4 cm³/mol. The Hall–Kier alpha value is -1.00. The third-order valence-corrected chi connectivity index (χ3v) is 4.33. The first kappa shape index (κ1) is 13.0. The summed E-state index contributed by atoms with van der Waals surface area (Å²) in [5.41, 5.74) is 8.16. The van der Waals surface area contributed by atoms with E-state index in [-0.39, 0.29) is 0 Å². The normalized spacial score (nSPS) is 14.9. The molecule has 0 radical (unpaired) electrons. The molecule has 1 fully saturated rings. The second kappa shape index (κ2) is 4.84. The summed E-state index contributed by atoms with van der Waals surface area (Å²) >= 11 is 9.52. The Morgan fingerprint density at radius 2 is 2.21 bits per heavy atom. The highest BCUT2D eigenvalue weighted by Crippen LogP contribution is 2.42. The van der Waals surface area contributed by atoms with Crippen LogP contribution in [0.5, 0.6) is 0 Å². The van der Waals surface area contributed by atoms with Gasteiger partial charge in [0.2, 0.25) is 0 Å². The van der Waals surface area contributed by atoms with Gasteiger partial charge in [-0.3, -0.25) is 0 Å². The maximum atomic E-state index is 6.31. The lowest BCUT2D eigenvalue weighted by molar-refractivity contribution is 0.696. The van der Waals surface area contributed by atoms with E-state index in [1.165, 1.54) is 12.8 Å². The van der Waals surface area contributed by atoms with E-state index in [2.05, 4.69) is 27.4 Å². The van der Waals surface area contributed by atoms with Gasteiger partial charge in [-0.2, -0.15) is 0 Å². The van der Waals surface area contributed by atoms with Crippen molar-refractivity contribution in [2.24, 2.45) is 0 Å². The van der Waals surface area contributed by atoms with Gasteiger partial charge in [0.25, 0.3) is 0 Å². The number of nitrogens with two attached hydrogens (primary N) is 1. The van der Waals surface area contributed by atoms with E-state index in [9.17, 15) is 0 Å². The maximum Gasteiger partial charge on any atom is 0.132 e. The standard InChI is InChI=1S/C14H15BrClN3/c1-2-12-18-13(14(17)19(12)9-4-5-9)10-6-3-8(16)7-11(10)15/h3,6-7,9H,2,4-5,17H2,1H3. The summed E-state index contributed by atoms with van der Waals surface area (Å²) in [5.74, 6) is 1.83. The van der Waals surface area contributed by atoms with Crippen LogP contribution in [0.3, 0.4) is 0 Å². The van der Waals surface area contributed by atoms with Gasteiger partial charge in [-0.05, 0) is 25.0 Å². The van der Waals surface area contributed by atoms with Crippen LogP contribution in [0.1, 0.15) is 31.6 Å². The number of benzene rings is 1. The molecule has 0 bridgehead atoms. The summed E-state index contributed by atoms with van der Waals surface area (Å²) in [7, 11) is 0. The number of nitrogen functional groups attached to an aromatic ring is 1. The molecule has 0 atom stereocenters. The second-order valence-corrected chi connectivity index (χ2v) is 6.13. The molecule has 3 nitrogen and oxygen atoms in total. The lowest BCUT2D eigenvalue weighted by Crippen LogP contribution is -2.04. The van der Waals surface area contributed by atoms with E-state index in [1.807, 2.05) is 18.2 Å². The van der Waals surface area contributed by atoms with Crippen molar-refractivity contribution in [3.63, 3.8) is 0 Å². The van der Waals surface area contributed by atoms with Gasteiger partial charge in [-0.25, -0.2) is 4.98 Å². The van der Waals surface area contributed by atoms with Crippen LogP contribution >= 0.6 is 27.5 Å². The van der Waals surface area contributed by atoms with Gasteiger partial charge < -0.3 is 10.3 Å². The Labute approximate surface area is 125 Å². The van der Waals surface area contributed by atoms with Crippen molar-refractivity contribution in [3.8, 4) is 11.3 Å². The topological polar surface area (TPSA) is 43.8 Å². The number of imidazole rings is 1. The third-order valence-electron chi connectivity index (χ3n) is 3.44. The molecular weight excluding hydrogens is 326 g/mol. The number of halogens is 2. The fourth-order valence-corrected chi connectivity index (χ4v) is 3.23. The average molecular weight is 341 g/mol.